The van der Waals surface area contributed by atoms with Gasteiger partial charge >= 0.3 is 0 Å². The minimum atomic E-state index is -0.100. The zero-order valence-corrected chi connectivity index (χ0v) is 17.2. The summed E-state index contributed by atoms with van der Waals surface area (Å²) in [6, 6.07) is 18.8. The first-order valence-electron chi connectivity index (χ1n) is 11.0. The average molecular weight is 375 g/mol. The lowest BCUT2D eigenvalue weighted by molar-refractivity contribution is 0.319. The van der Waals surface area contributed by atoms with Gasteiger partial charge in [0, 0.05) is 10.9 Å². The second-order valence-corrected chi connectivity index (χ2v) is 8.48. The van der Waals surface area contributed by atoms with Gasteiger partial charge in [0.1, 0.15) is 5.82 Å². The summed E-state index contributed by atoms with van der Waals surface area (Å²) in [5.41, 5.74) is 4.38. The van der Waals surface area contributed by atoms with Crippen LogP contribution in [0.1, 0.15) is 69.4 Å². The van der Waals surface area contributed by atoms with E-state index in [2.05, 4.69) is 56.3 Å². The third kappa shape index (κ3) is 3.85. The highest BCUT2D eigenvalue weighted by molar-refractivity contribution is 5.88. The van der Waals surface area contributed by atoms with E-state index in [9.17, 15) is 0 Å². The predicted octanol–water partition coefficient (Wildman–Crippen LogP) is 8.28. The molecule has 3 aromatic rings. The molecule has 0 N–H and O–H groups in total. The van der Waals surface area contributed by atoms with Crippen molar-refractivity contribution in [3.63, 3.8) is 0 Å². The number of hydrogen-bond donors (Lipinski definition) is 0. The van der Waals surface area contributed by atoms with Crippen LogP contribution in [0.15, 0.2) is 54.6 Å². The Labute approximate surface area is 168 Å². The quantitative estimate of drug-likeness (QED) is 0.421. The summed E-state index contributed by atoms with van der Waals surface area (Å²) in [4.78, 5) is 0. The molecule has 1 saturated carbocycles. The summed E-state index contributed by atoms with van der Waals surface area (Å²) in [6.07, 6.45) is 8.75. The lowest BCUT2D eigenvalue weighted by Gasteiger charge is -2.28. The van der Waals surface area contributed by atoms with Crippen LogP contribution in [0.5, 0.6) is 0 Å². The maximum Gasteiger partial charge on any atom is 0.138 e. The zero-order valence-electron chi connectivity index (χ0n) is 17.2. The van der Waals surface area contributed by atoms with E-state index < -0.39 is 0 Å². The van der Waals surface area contributed by atoms with Crippen molar-refractivity contribution >= 4 is 10.8 Å². The minimum absolute atomic E-state index is 0.100. The molecule has 0 unspecified atom stereocenters. The molecule has 28 heavy (non-hydrogen) atoms. The molecule has 1 fully saturated rings. The number of halogens is 1. The smallest absolute Gasteiger partial charge is 0.138 e. The van der Waals surface area contributed by atoms with Crippen molar-refractivity contribution in [1.29, 1.82) is 0 Å². The first kappa shape index (κ1) is 19.2. The zero-order chi connectivity index (χ0) is 19.5. The first-order valence-corrected chi connectivity index (χ1v) is 11.0. The Hall–Kier alpha value is -2.15. The average Bonchev–Trinajstić information content (AvgIpc) is 2.74. The van der Waals surface area contributed by atoms with E-state index >= 15 is 4.39 Å². The molecular formula is C27H31F. The Kier molecular flexibility index (Phi) is 5.80. The van der Waals surface area contributed by atoms with Crippen LogP contribution in [-0.2, 0) is 6.42 Å². The molecule has 4 rings (SSSR count). The maximum absolute atomic E-state index is 15.2. The van der Waals surface area contributed by atoms with Crippen LogP contribution in [0.25, 0.3) is 21.9 Å². The lowest BCUT2D eigenvalue weighted by atomic mass is 9.77. The highest BCUT2D eigenvalue weighted by Gasteiger charge is 2.21. The van der Waals surface area contributed by atoms with Crippen LogP contribution in [-0.4, -0.2) is 0 Å². The van der Waals surface area contributed by atoms with Crippen molar-refractivity contribution in [2.24, 2.45) is 5.92 Å². The Bertz CT molecular complexity index is 930. The van der Waals surface area contributed by atoms with Crippen LogP contribution in [0, 0.1) is 11.7 Å². The molecule has 0 atom stereocenters. The molecule has 1 heteroatoms. The largest absolute Gasteiger partial charge is 0.206 e. The molecule has 0 aliphatic heterocycles. The molecule has 0 saturated heterocycles. The fourth-order valence-electron chi connectivity index (χ4n) is 4.85. The molecule has 0 bridgehead atoms. The van der Waals surface area contributed by atoms with E-state index in [1.54, 1.807) is 0 Å². The standard InChI is InChI=1S/C27H31F/c1-3-5-20-8-16-26-24(18-20)15-17-25(27(26)28)23-13-11-22(12-14-23)21-9-6-19(4-2)7-10-21/h8,11-19,21H,3-7,9-10H2,1-2H3. The molecule has 1 aliphatic rings. The van der Waals surface area contributed by atoms with Crippen molar-refractivity contribution in [2.45, 2.75) is 64.7 Å². The van der Waals surface area contributed by atoms with Gasteiger partial charge in [-0.25, -0.2) is 4.39 Å². The molecule has 3 aromatic carbocycles. The topological polar surface area (TPSA) is 0 Å². The monoisotopic (exact) mass is 374 g/mol. The molecule has 0 aromatic heterocycles. The SMILES string of the molecule is CCCc1ccc2c(F)c(-c3ccc(C4CCC(CC)CC4)cc3)ccc2c1. The van der Waals surface area contributed by atoms with Gasteiger partial charge in [-0.1, -0.05) is 81.3 Å². The molecule has 0 nitrogen and oxygen atoms in total. The minimum Gasteiger partial charge on any atom is -0.206 e. The molecule has 146 valence electrons. The van der Waals surface area contributed by atoms with Gasteiger partial charge in [-0.3, -0.25) is 0 Å². The fourth-order valence-corrected chi connectivity index (χ4v) is 4.85. The highest BCUT2D eigenvalue weighted by atomic mass is 19.1. The van der Waals surface area contributed by atoms with Gasteiger partial charge in [0.25, 0.3) is 0 Å². The van der Waals surface area contributed by atoms with Crippen molar-refractivity contribution < 1.29 is 4.39 Å². The van der Waals surface area contributed by atoms with Gasteiger partial charge in [0.05, 0.1) is 0 Å². The van der Waals surface area contributed by atoms with Crippen LogP contribution < -0.4 is 0 Å². The number of aryl methyl sites for hydroxylation is 1. The highest BCUT2D eigenvalue weighted by Crippen LogP contribution is 2.38. The Morgan fingerprint density at radius 3 is 2.29 bits per heavy atom. The van der Waals surface area contributed by atoms with Crippen molar-refractivity contribution in [3.8, 4) is 11.1 Å². The van der Waals surface area contributed by atoms with E-state index in [4.69, 9.17) is 0 Å². The number of rotatable bonds is 5. The van der Waals surface area contributed by atoms with Gasteiger partial charge in [-0.15, -0.1) is 0 Å². The van der Waals surface area contributed by atoms with Crippen molar-refractivity contribution in [2.75, 3.05) is 0 Å². The third-order valence-corrected chi connectivity index (χ3v) is 6.67. The van der Waals surface area contributed by atoms with E-state index in [0.29, 0.717) is 11.5 Å². The van der Waals surface area contributed by atoms with Crippen LogP contribution in [0.2, 0.25) is 0 Å². The Balaban J connectivity index is 1.58. The second kappa shape index (κ2) is 8.47. The van der Waals surface area contributed by atoms with E-state index in [0.717, 1.165) is 35.1 Å². The lowest BCUT2D eigenvalue weighted by Crippen LogP contribution is -2.12. The summed E-state index contributed by atoms with van der Waals surface area (Å²) in [7, 11) is 0. The normalized spacial score (nSPS) is 19.8. The molecule has 0 radical (unpaired) electrons. The number of fused-ring (bicyclic) bond motifs is 1. The van der Waals surface area contributed by atoms with Gasteiger partial charge in [0.15, 0.2) is 0 Å². The van der Waals surface area contributed by atoms with E-state index in [-0.39, 0.29) is 5.82 Å². The van der Waals surface area contributed by atoms with E-state index in [1.165, 1.54) is 43.2 Å². The first-order chi connectivity index (χ1) is 13.7. The Morgan fingerprint density at radius 1 is 0.857 bits per heavy atom. The molecular weight excluding hydrogens is 343 g/mol. The molecule has 1 aliphatic carbocycles. The fraction of sp³-hybridized carbons (Fsp3) is 0.407. The number of benzene rings is 3. The Morgan fingerprint density at radius 2 is 1.61 bits per heavy atom. The summed E-state index contributed by atoms with van der Waals surface area (Å²) in [6.45, 7) is 4.48. The summed E-state index contributed by atoms with van der Waals surface area (Å²) in [5.74, 6) is 1.49. The van der Waals surface area contributed by atoms with Crippen molar-refractivity contribution in [3.05, 3.63) is 71.5 Å². The van der Waals surface area contributed by atoms with E-state index in [1.807, 2.05) is 12.1 Å². The van der Waals surface area contributed by atoms with Gasteiger partial charge in [-0.2, -0.15) is 0 Å². The molecule has 0 spiro atoms. The summed E-state index contributed by atoms with van der Waals surface area (Å²) >= 11 is 0. The predicted molar refractivity (Wildman–Crippen MR) is 118 cm³/mol. The van der Waals surface area contributed by atoms with Gasteiger partial charge in [-0.05, 0) is 66.0 Å². The maximum atomic E-state index is 15.2. The van der Waals surface area contributed by atoms with Gasteiger partial charge in [0.2, 0.25) is 0 Å². The van der Waals surface area contributed by atoms with Crippen LogP contribution in [0.4, 0.5) is 4.39 Å². The molecule has 0 heterocycles. The summed E-state index contributed by atoms with van der Waals surface area (Å²) in [5, 5.41) is 1.72. The van der Waals surface area contributed by atoms with Crippen LogP contribution in [0.3, 0.4) is 0 Å². The van der Waals surface area contributed by atoms with Crippen molar-refractivity contribution in [1.82, 2.24) is 0 Å². The summed E-state index contributed by atoms with van der Waals surface area (Å²) < 4.78 is 15.2. The second-order valence-electron chi connectivity index (χ2n) is 8.48. The molecule has 0 amide bonds. The van der Waals surface area contributed by atoms with Gasteiger partial charge < -0.3 is 0 Å². The van der Waals surface area contributed by atoms with Crippen LogP contribution >= 0.6 is 0 Å². The third-order valence-electron chi connectivity index (χ3n) is 6.67. The number of hydrogen-bond acceptors (Lipinski definition) is 0.